The molecule has 1 aromatic rings. The minimum atomic E-state index is -0.00817. The van der Waals surface area contributed by atoms with E-state index in [1.807, 2.05) is 24.3 Å². The number of rotatable bonds is 2. The van der Waals surface area contributed by atoms with E-state index in [2.05, 4.69) is 16.6 Å². The van der Waals surface area contributed by atoms with Crippen molar-refractivity contribution < 1.29 is 4.79 Å². The zero-order chi connectivity index (χ0) is 14.8. The van der Waals surface area contributed by atoms with Gasteiger partial charge in [0.15, 0.2) is 6.19 Å². The largest absolute Gasteiger partial charge is 0.333 e. The van der Waals surface area contributed by atoms with Crippen LogP contribution in [0.4, 0.5) is 4.79 Å². The molecule has 2 saturated heterocycles. The summed E-state index contributed by atoms with van der Waals surface area (Å²) in [6, 6.07) is 0.0840. The number of nitrogens with zero attached hydrogens (tertiary/aromatic N) is 5. The lowest BCUT2D eigenvalue weighted by Crippen LogP contribution is -2.44. The maximum Gasteiger partial charge on any atom is 0.317 e. The van der Waals surface area contributed by atoms with Gasteiger partial charge in [-0.3, -0.25) is 4.68 Å². The van der Waals surface area contributed by atoms with Crippen molar-refractivity contribution in [3.8, 4) is 6.19 Å². The van der Waals surface area contributed by atoms with Crippen molar-refractivity contribution in [1.29, 1.82) is 5.26 Å². The van der Waals surface area contributed by atoms with Crippen molar-refractivity contribution in [2.24, 2.45) is 7.05 Å². The number of hydrogen-bond acceptors (Lipinski definition) is 4. The van der Waals surface area contributed by atoms with Gasteiger partial charge in [0.2, 0.25) is 0 Å². The fraction of sp³-hybridized carbons (Fsp3) is 0.643. The molecule has 0 radical (unpaired) electrons. The molecule has 7 heteroatoms. The summed E-state index contributed by atoms with van der Waals surface area (Å²) in [7, 11) is 1.91. The van der Waals surface area contributed by atoms with E-state index in [0.717, 1.165) is 32.5 Å². The van der Waals surface area contributed by atoms with Gasteiger partial charge >= 0.3 is 6.03 Å². The van der Waals surface area contributed by atoms with Crippen LogP contribution in [-0.2, 0) is 7.05 Å². The maximum atomic E-state index is 12.3. The maximum absolute atomic E-state index is 12.3. The molecule has 2 amide bonds. The van der Waals surface area contributed by atoms with Crippen LogP contribution < -0.4 is 5.32 Å². The number of urea groups is 1. The van der Waals surface area contributed by atoms with Crippen molar-refractivity contribution in [3.05, 3.63) is 18.0 Å². The molecular formula is C14H20N6O. The van der Waals surface area contributed by atoms with Gasteiger partial charge in [0.1, 0.15) is 0 Å². The summed E-state index contributed by atoms with van der Waals surface area (Å²) in [5, 5.41) is 16.1. The van der Waals surface area contributed by atoms with Gasteiger partial charge in [-0.2, -0.15) is 10.4 Å². The van der Waals surface area contributed by atoms with E-state index in [1.165, 1.54) is 5.56 Å². The second-order valence-electron chi connectivity index (χ2n) is 5.86. The normalized spacial score (nSPS) is 25.1. The molecule has 3 rings (SSSR count). The molecule has 2 aliphatic rings. The molecule has 1 aromatic heterocycles. The molecule has 21 heavy (non-hydrogen) atoms. The van der Waals surface area contributed by atoms with Gasteiger partial charge in [0.05, 0.1) is 12.2 Å². The Morgan fingerprint density at radius 3 is 2.95 bits per heavy atom. The Kier molecular flexibility index (Phi) is 3.69. The van der Waals surface area contributed by atoms with Crippen LogP contribution in [0.3, 0.4) is 0 Å². The molecule has 7 nitrogen and oxygen atoms in total. The van der Waals surface area contributed by atoms with Gasteiger partial charge in [-0.1, -0.05) is 0 Å². The fourth-order valence-electron chi connectivity index (χ4n) is 3.10. The molecular weight excluding hydrogens is 268 g/mol. The highest BCUT2D eigenvalue weighted by molar-refractivity contribution is 5.75. The Balaban J connectivity index is 1.52. The third-order valence-corrected chi connectivity index (χ3v) is 4.33. The standard InChI is InChI=1S/C14H20N6O/c1-18-7-12(6-16-18)11-2-5-20(8-11)14(21)17-13-3-4-19(9-13)10-15/h6-7,11,13H,2-5,8-9H2,1H3,(H,17,21). The van der Waals surface area contributed by atoms with Crippen molar-refractivity contribution in [3.63, 3.8) is 0 Å². The Bertz CT molecular complexity index is 562. The first-order valence-electron chi connectivity index (χ1n) is 7.34. The summed E-state index contributed by atoms with van der Waals surface area (Å²) < 4.78 is 1.80. The monoisotopic (exact) mass is 288 g/mol. The highest BCUT2D eigenvalue weighted by Crippen LogP contribution is 2.26. The molecule has 3 heterocycles. The molecule has 0 bridgehead atoms. The van der Waals surface area contributed by atoms with Crippen LogP contribution >= 0.6 is 0 Å². The first-order valence-corrected chi connectivity index (χ1v) is 7.34. The molecule has 2 aliphatic heterocycles. The number of amides is 2. The van der Waals surface area contributed by atoms with Crippen molar-refractivity contribution in [2.75, 3.05) is 26.2 Å². The van der Waals surface area contributed by atoms with E-state index in [1.54, 1.807) is 9.58 Å². The third-order valence-electron chi connectivity index (χ3n) is 4.33. The highest BCUT2D eigenvalue weighted by atomic mass is 16.2. The van der Waals surface area contributed by atoms with Gasteiger partial charge in [-0.05, 0) is 18.4 Å². The molecule has 112 valence electrons. The smallest absolute Gasteiger partial charge is 0.317 e. The van der Waals surface area contributed by atoms with Gasteiger partial charge in [-0.25, -0.2) is 4.79 Å². The molecule has 1 N–H and O–H groups in total. The average molecular weight is 288 g/mol. The van der Waals surface area contributed by atoms with Gasteiger partial charge in [0.25, 0.3) is 0 Å². The molecule has 2 atom stereocenters. The summed E-state index contributed by atoms with van der Waals surface area (Å²) in [4.78, 5) is 15.8. The number of aryl methyl sites for hydroxylation is 1. The number of hydrogen-bond donors (Lipinski definition) is 1. The lowest BCUT2D eigenvalue weighted by atomic mass is 10.0. The van der Waals surface area contributed by atoms with E-state index in [-0.39, 0.29) is 12.1 Å². The van der Waals surface area contributed by atoms with Gasteiger partial charge in [0, 0.05) is 45.3 Å². The number of carbonyl (C=O) groups is 1. The summed E-state index contributed by atoms with van der Waals surface area (Å²) in [6.45, 7) is 2.88. The van der Waals surface area contributed by atoms with Crippen LogP contribution in [0.5, 0.6) is 0 Å². The molecule has 0 spiro atoms. The second-order valence-corrected chi connectivity index (χ2v) is 5.86. The van der Waals surface area contributed by atoms with Crippen molar-refractivity contribution in [1.82, 2.24) is 24.9 Å². The topological polar surface area (TPSA) is 77.2 Å². The van der Waals surface area contributed by atoms with E-state index in [9.17, 15) is 4.79 Å². The minimum absolute atomic E-state index is 0.00817. The first kappa shape index (κ1) is 13.7. The number of likely N-dealkylation sites (tertiary alicyclic amines) is 2. The van der Waals surface area contributed by atoms with Crippen molar-refractivity contribution in [2.45, 2.75) is 24.8 Å². The number of nitriles is 1. The van der Waals surface area contributed by atoms with Gasteiger partial charge in [-0.15, -0.1) is 0 Å². The number of nitrogens with one attached hydrogen (secondary N) is 1. The summed E-state index contributed by atoms with van der Waals surface area (Å²) in [6.07, 6.45) is 7.86. The lowest BCUT2D eigenvalue weighted by molar-refractivity contribution is 0.204. The van der Waals surface area contributed by atoms with E-state index in [0.29, 0.717) is 12.5 Å². The minimum Gasteiger partial charge on any atom is -0.333 e. The van der Waals surface area contributed by atoms with Crippen LogP contribution in [0.15, 0.2) is 12.4 Å². The van der Waals surface area contributed by atoms with Crippen LogP contribution in [0.1, 0.15) is 24.3 Å². The molecule has 0 saturated carbocycles. The van der Waals surface area contributed by atoms with E-state index < -0.39 is 0 Å². The van der Waals surface area contributed by atoms with E-state index >= 15 is 0 Å². The highest BCUT2D eigenvalue weighted by Gasteiger charge is 2.30. The first-order chi connectivity index (χ1) is 10.2. The van der Waals surface area contributed by atoms with Crippen LogP contribution in [-0.4, -0.2) is 57.8 Å². The second kappa shape index (κ2) is 5.64. The lowest BCUT2D eigenvalue weighted by Gasteiger charge is -2.20. The summed E-state index contributed by atoms with van der Waals surface area (Å²) in [5.74, 6) is 0.378. The molecule has 0 aromatic carbocycles. The zero-order valence-corrected chi connectivity index (χ0v) is 12.2. The van der Waals surface area contributed by atoms with Gasteiger partial charge < -0.3 is 15.1 Å². The fourth-order valence-corrected chi connectivity index (χ4v) is 3.10. The predicted molar refractivity (Wildman–Crippen MR) is 76.3 cm³/mol. The quantitative estimate of drug-likeness (QED) is 0.803. The predicted octanol–water partition coefficient (Wildman–Crippen LogP) is 0.474. The van der Waals surface area contributed by atoms with Crippen LogP contribution in [0.2, 0.25) is 0 Å². The molecule has 0 aliphatic carbocycles. The van der Waals surface area contributed by atoms with E-state index in [4.69, 9.17) is 5.26 Å². The molecule has 2 unspecified atom stereocenters. The van der Waals surface area contributed by atoms with Crippen LogP contribution in [0.25, 0.3) is 0 Å². The zero-order valence-electron chi connectivity index (χ0n) is 12.2. The number of aromatic nitrogens is 2. The van der Waals surface area contributed by atoms with Crippen LogP contribution in [0, 0.1) is 11.5 Å². The third kappa shape index (κ3) is 2.94. The van der Waals surface area contributed by atoms with Crippen molar-refractivity contribution >= 4 is 6.03 Å². The summed E-state index contributed by atoms with van der Waals surface area (Å²) >= 11 is 0. The average Bonchev–Trinajstić information content (AvgIpc) is 3.17. The Labute approximate surface area is 124 Å². The Morgan fingerprint density at radius 2 is 2.29 bits per heavy atom. The molecule has 2 fully saturated rings. The Hall–Kier alpha value is -2.23. The SMILES string of the molecule is Cn1cc(C2CCN(C(=O)NC3CCN(C#N)C3)C2)cn1. The summed E-state index contributed by atoms with van der Waals surface area (Å²) in [5.41, 5.74) is 1.20. The number of carbonyl (C=O) groups excluding carboxylic acids is 1. The Morgan fingerprint density at radius 1 is 1.43 bits per heavy atom.